The molecule has 4 heteroatoms. The van der Waals surface area contributed by atoms with Gasteiger partial charge in [0.1, 0.15) is 11.0 Å². The molecule has 1 aliphatic rings. The van der Waals surface area contributed by atoms with Crippen molar-refractivity contribution in [2.45, 2.75) is 32.7 Å². The highest BCUT2D eigenvalue weighted by Crippen LogP contribution is 2.24. The maximum atomic E-state index is 6.18. The van der Waals surface area contributed by atoms with Crippen molar-refractivity contribution < 1.29 is 0 Å². The molecule has 0 amide bonds. The summed E-state index contributed by atoms with van der Waals surface area (Å²) in [5, 5.41) is 0.634. The lowest BCUT2D eigenvalue weighted by Crippen LogP contribution is -2.28. The van der Waals surface area contributed by atoms with E-state index in [0.29, 0.717) is 11.1 Å². The van der Waals surface area contributed by atoms with Gasteiger partial charge >= 0.3 is 0 Å². The first kappa shape index (κ1) is 10.8. The van der Waals surface area contributed by atoms with E-state index in [9.17, 15) is 0 Å². The molecule has 1 aromatic rings. The van der Waals surface area contributed by atoms with Gasteiger partial charge in [-0.25, -0.2) is 9.97 Å². The van der Waals surface area contributed by atoms with Crippen LogP contribution >= 0.6 is 11.6 Å². The van der Waals surface area contributed by atoms with Gasteiger partial charge in [-0.3, -0.25) is 0 Å². The molecule has 0 aliphatic carbocycles. The standard InChI is InChI=1S/C11H16ClN3/c1-7(2)11-13-9-4-5-15(3)6-8(9)10(12)14-11/h7H,4-6H2,1-3H3. The SMILES string of the molecule is CC(C)c1nc(Cl)c2c(n1)CCN(C)C2. The molecule has 82 valence electrons. The lowest BCUT2D eigenvalue weighted by Gasteiger charge is -2.25. The van der Waals surface area contributed by atoms with Gasteiger partial charge in [0.15, 0.2) is 0 Å². The van der Waals surface area contributed by atoms with E-state index in [-0.39, 0.29) is 0 Å². The van der Waals surface area contributed by atoms with E-state index < -0.39 is 0 Å². The second kappa shape index (κ2) is 4.06. The van der Waals surface area contributed by atoms with Crippen molar-refractivity contribution in [1.29, 1.82) is 0 Å². The highest BCUT2D eigenvalue weighted by molar-refractivity contribution is 6.30. The van der Waals surface area contributed by atoms with E-state index in [2.05, 4.69) is 35.8 Å². The van der Waals surface area contributed by atoms with Gasteiger partial charge in [0.2, 0.25) is 0 Å². The Morgan fingerprint density at radius 1 is 1.33 bits per heavy atom. The van der Waals surface area contributed by atoms with E-state index in [1.807, 2.05) is 0 Å². The van der Waals surface area contributed by atoms with Crippen LogP contribution < -0.4 is 0 Å². The average Bonchev–Trinajstić information content (AvgIpc) is 2.18. The number of hydrogen-bond acceptors (Lipinski definition) is 3. The fourth-order valence-corrected chi connectivity index (χ4v) is 2.04. The number of rotatable bonds is 1. The molecule has 0 atom stereocenters. The zero-order valence-electron chi connectivity index (χ0n) is 9.42. The molecular weight excluding hydrogens is 210 g/mol. The number of fused-ring (bicyclic) bond motifs is 1. The van der Waals surface area contributed by atoms with Crippen molar-refractivity contribution in [1.82, 2.24) is 14.9 Å². The van der Waals surface area contributed by atoms with Crippen LogP contribution in [0.1, 0.15) is 36.8 Å². The highest BCUT2D eigenvalue weighted by Gasteiger charge is 2.20. The molecule has 0 aromatic carbocycles. The number of likely N-dealkylation sites (N-methyl/N-ethyl adjacent to an activating group) is 1. The fraction of sp³-hybridized carbons (Fsp3) is 0.636. The van der Waals surface area contributed by atoms with Crippen molar-refractivity contribution >= 4 is 11.6 Å². The van der Waals surface area contributed by atoms with E-state index in [4.69, 9.17) is 11.6 Å². The molecular formula is C11H16ClN3. The third kappa shape index (κ3) is 2.13. The molecule has 3 nitrogen and oxygen atoms in total. The molecule has 0 saturated heterocycles. The van der Waals surface area contributed by atoms with E-state index >= 15 is 0 Å². The van der Waals surface area contributed by atoms with Crippen LogP contribution in [0.4, 0.5) is 0 Å². The predicted molar refractivity (Wildman–Crippen MR) is 61.2 cm³/mol. The summed E-state index contributed by atoms with van der Waals surface area (Å²) in [4.78, 5) is 11.2. The van der Waals surface area contributed by atoms with Crippen molar-refractivity contribution in [2.24, 2.45) is 0 Å². The zero-order valence-corrected chi connectivity index (χ0v) is 10.2. The van der Waals surface area contributed by atoms with Crippen LogP contribution in [0.5, 0.6) is 0 Å². The van der Waals surface area contributed by atoms with Crippen molar-refractivity contribution in [3.05, 3.63) is 22.2 Å². The van der Waals surface area contributed by atoms with Gasteiger partial charge < -0.3 is 4.90 Å². The van der Waals surface area contributed by atoms with Gasteiger partial charge in [0.05, 0.1) is 5.69 Å². The lowest BCUT2D eigenvalue weighted by atomic mass is 10.1. The highest BCUT2D eigenvalue weighted by atomic mass is 35.5. The third-order valence-corrected chi connectivity index (χ3v) is 3.05. The van der Waals surface area contributed by atoms with Crippen LogP contribution in [-0.2, 0) is 13.0 Å². The smallest absolute Gasteiger partial charge is 0.137 e. The molecule has 2 heterocycles. The maximum absolute atomic E-state index is 6.18. The van der Waals surface area contributed by atoms with Crippen LogP contribution in [0.2, 0.25) is 5.15 Å². The number of aromatic nitrogens is 2. The molecule has 2 rings (SSSR count). The molecule has 0 spiro atoms. The van der Waals surface area contributed by atoms with Gasteiger partial charge in [-0.15, -0.1) is 0 Å². The molecule has 0 saturated carbocycles. The van der Waals surface area contributed by atoms with Gasteiger partial charge in [0, 0.05) is 31.0 Å². The Morgan fingerprint density at radius 2 is 2.07 bits per heavy atom. The summed E-state index contributed by atoms with van der Waals surface area (Å²) >= 11 is 6.18. The van der Waals surface area contributed by atoms with Crippen molar-refractivity contribution in [3.8, 4) is 0 Å². The molecule has 0 N–H and O–H groups in total. The largest absolute Gasteiger partial charge is 0.302 e. The topological polar surface area (TPSA) is 29.0 Å². The molecule has 15 heavy (non-hydrogen) atoms. The normalized spacial score (nSPS) is 16.9. The summed E-state index contributed by atoms with van der Waals surface area (Å²) in [5.41, 5.74) is 2.24. The van der Waals surface area contributed by atoms with E-state index in [0.717, 1.165) is 36.6 Å². The minimum absolute atomic E-state index is 0.340. The quantitative estimate of drug-likeness (QED) is 0.687. The third-order valence-electron chi connectivity index (χ3n) is 2.73. The summed E-state index contributed by atoms with van der Waals surface area (Å²) in [6, 6.07) is 0. The van der Waals surface area contributed by atoms with Crippen LogP contribution in [0.15, 0.2) is 0 Å². The molecule has 1 aliphatic heterocycles. The lowest BCUT2D eigenvalue weighted by molar-refractivity contribution is 0.308. The summed E-state index contributed by atoms with van der Waals surface area (Å²) in [6.07, 6.45) is 0.980. The van der Waals surface area contributed by atoms with Crippen LogP contribution in [0, 0.1) is 0 Å². The minimum atomic E-state index is 0.340. The number of halogens is 1. The number of nitrogens with zero attached hydrogens (tertiary/aromatic N) is 3. The minimum Gasteiger partial charge on any atom is -0.302 e. The van der Waals surface area contributed by atoms with Crippen LogP contribution in [0.3, 0.4) is 0 Å². The van der Waals surface area contributed by atoms with Crippen molar-refractivity contribution in [3.63, 3.8) is 0 Å². The average molecular weight is 226 g/mol. The number of hydrogen-bond donors (Lipinski definition) is 0. The second-order valence-corrected chi connectivity index (χ2v) is 4.80. The van der Waals surface area contributed by atoms with Crippen molar-refractivity contribution in [2.75, 3.05) is 13.6 Å². The van der Waals surface area contributed by atoms with Gasteiger partial charge in [-0.1, -0.05) is 25.4 Å². The predicted octanol–water partition coefficient (Wildman–Crippen LogP) is 2.24. The Kier molecular flexibility index (Phi) is 2.94. The Balaban J connectivity index is 2.43. The first-order valence-corrected chi connectivity index (χ1v) is 5.69. The molecule has 1 aromatic heterocycles. The Morgan fingerprint density at radius 3 is 2.73 bits per heavy atom. The Labute approximate surface area is 95.5 Å². The zero-order chi connectivity index (χ0) is 11.0. The summed E-state index contributed by atoms with van der Waals surface area (Å²) in [5.74, 6) is 1.20. The van der Waals surface area contributed by atoms with Crippen LogP contribution in [0.25, 0.3) is 0 Å². The summed E-state index contributed by atoms with van der Waals surface area (Å²) in [6.45, 7) is 6.10. The molecule has 0 bridgehead atoms. The van der Waals surface area contributed by atoms with Gasteiger partial charge in [-0.05, 0) is 7.05 Å². The van der Waals surface area contributed by atoms with E-state index in [1.165, 1.54) is 0 Å². The van der Waals surface area contributed by atoms with E-state index in [1.54, 1.807) is 0 Å². The molecule has 0 fully saturated rings. The second-order valence-electron chi connectivity index (χ2n) is 4.44. The summed E-state index contributed by atoms with van der Waals surface area (Å²) in [7, 11) is 2.09. The van der Waals surface area contributed by atoms with Gasteiger partial charge in [0.25, 0.3) is 0 Å². The first-order chi connectivity index (χ1) is 7.08. The monoisotopic (exact) mass is 225 g/mol. The summed E-state index contributed by atoms with van der Waals surface area (Å²) < 4.78 is 0. The first-order valence-electron chi connectivity index (χ1n) is 5.31. The van der Waals surface area contributed by atoms with Gasteiger partial charge in [-0.2, -0.15) is 0 Å². The molecule has 0 radical (unpaired) electrons. The fourth-order valence-electron chi connectivity index (χ4n) is 1.79. The molecule has 0 unspecified atom stereocenters. The maximum Gasteiger partial charge on any atom is 0.137 e. The van der Waals surface area contributed by atoms with Crippen LogP contribution in [-0.4, -0.2) is 28.5 Å². The Hall–Kier alpha value is -0.670. The Bertz CT molecular complexity index is 376.